The van der Waals surface area contributed by atoms with Crippen LogP contribution in [0.5, 0.6) is 0 Å². The van der Waals surface area contributed by atoms with Crippen LogP contribution in [-0.4, -0.2) is 88.5 Å². The standard InChI is InChI=1S/C14H26F3N5O4S2.HI/c1-18-13(19-10-12-4-3-7-22(12)27(2,23)24)20-11-5-8-21(9-6-11)28(25,26)14(15,16)17;/h11-12H,3-10H2,1-2H3,(H2,18,19,20);1H/t12-;/m1./s1. The van der Waals surface area contributed by atoms with E-state index in [0.29, 0.717) is 23.4 Å². The number of piperidine rings is 1. The highest BCUT2D eigenvalue weighted by Crippen LogP contribution is 2.29. The fourth-order valence-corrected chi connectivity index (χ4v) is 5.61. The van der Waals surface area contributed by atoms with Crippen molar-refractivity contribution in [1.29, 1.82) is 0 Å². The third kappa shape index (κ3) is 6.80. The molecule has 0 radical (unpaired) electrons. The average Bonchev–Trinajstić information content (AvgIpc) is 3.07. The van der Waals surface area contributed by atoms with Gasteiger partial charge in [0.05, 0.1) is 6.26 Å². The molecule has 0 spiro atoms. The Bertz CT molecular complexity index is 784. The minimum atomic E-state index is -5.30. The van der Waals surface area contributed by atoms with E-state index in [1.54, 1.807) is 0 Å². The van der Waals surface area contributed by atoms with Crippen LogP contribution in [-0.2, 0) is 20.0 Å². The molecule has 2 saturated heterocycles. The number of alkyl halides is 3. The molecule has 2 heterocycles. The topological polar surface area (TPSA) is 111 Å². The first-order valence-corrected chi connectivity index (χ1v) is 12.2. The Kier molecular flexibility index (Phi) is 9.44. The lowest BCUT2D eigenvalue weighted by Crippen LogP contribution is -2.53. The van der Waals surface area contributed by atoms with Gasteiger partial charge in [0, 0.05) is 45.3 Å². The third-order valence-electron chi connectivity index (χ3n) is 4.91. The Morgan fingerprint density at radius 3 is 2.17 bits per heavy atom. The number of nitrogens with zero attached hydrogens (tertiary/aromatic N) is 3. The first kappa shape index (κ1) is 26.6. The van der Waals surface area contributed by atoms with Gasteiger partial charge in [-0.25, -0.2) is 16.8 Å². The summed E-state index contributed by atoms with van der Waals surface area (Å²) in [5.41, 5.74) is -5.29. The second-order valence-corrected chi connectivity index (χ2v) is 10.8. The largest absolute Gasteiger partial charge is 0.511 e. The number of hydrogen-bond donors (Lipinski definition) is 2. The average molecular weight is 577 g/mol. The van der Waals surface area contributed by atoms with E-state index in [0.717, 1.165) is 12.8 Å². The number of guanidine groups is 1. The zero-order valence-electron chi connectivity index (χ0n) is 16.1. The molecule has 172 valence electrons. The monoisotopic (exact) mass is 577 g/mol. The molecule has 15 heteroatoms. The molecule has 0 aliphatic carbocycles. The zero-order chi connectivity index (χ0) is 21.2. The van der Waals surface area contributed by atoms with Crippen molar-refractivity contribution in [2.24, 2.45) is 4.99 Å². The summed E-state index contributed by atoms with van der Waals surface area (Å²) >= 11 is 0. The van der Waals surface area contributed by atoms with Crippen molar-refractivity contribution in [3.05, 3.63) is 0 Å². The van der Waals surface area contributed by atoms with E-state index < -0.39 is 25.6 Å². The molecule has 1 atom stereocenters. The summed E-state index contributed by atoms with van der Waals surface area (Å²) in [6, 6.07) is -0.423. The predicted octanol–water partition coefficient (Wildman–Crippen LogP) is 0.507. The summed E-state index contributed by atoms with van der Waals surface area (Å²) < 4.78 is 86.2. The zero-order valence-corrected chi connectivity index (χ0v) is 20.1. The van der Waals surface area contributed by atoms with Crippen molar-refractivity contribution in [1.82, 2.24) is 19.2 Å². The molecule has 9 nitrogen and oxygen atoms in total. The summed E-state index contributed by atoms with van der Waals surface area (Å²) in [5, 5.41) is 6.11. The van der Waals surface area contributed by atoms with Gasteiger partial charge in [0.25, 0.3) is 0 Å². The number of nitrogens with one attached hydrogen (secondary N) is 2. The molecule has 0 saturated carbocycles. The van der Waals surface area contributed by atoms with E-state index >= 15 is 0 Å². The molecule has 0 bridgehead atoms. The van der Waals surface area contributed by atoms with Crippen molar-refractivity contribution in [2.75, 3.05) is 39.5 Å². The second kappa shape index (κ2) is 10.3. The summed E-state index contributed by atoms with van der Waals surface area (Å²) in [6.45, 7) is 0.360. The smallest absolute Gasteiger partial charge is 0.355 e. The van der Waals surface area contributed by atoms with Crippen molar-refractivity contribution in [3.63, 3.8) is 0 Å². The van der Waals surface area contributed by atoms with E-state index in [4.69, 9.17) is 0 Å². The minimum Gasteiger partial charge on any atom is -0.355 e. The van der Waals surface area contributed by atoms with Crippen LogP contribution in [0.1, 0.15) is 25.7 Å². The van der Waals surface area contributed by atoms with Crippen LogP contribution >= 0.6 is 24.0 Å². The van der Waals surface area contributed by atoms with Gasteiger partial charge in [-0.3, -0.25) is 4.99 Å². The van der Waals surface area contributed by atoms with Crippen molar-refractivity contribution in [3.8, 4) is 0 Å². The number of hydrogen-bond acceptors (Lipinski definition) is 5. The Labute approximate surface area is 186 Å². The number of aliphatic imine (C=N–C) groups is 1. The van der Waals surface area contributed by atoms with Gasteiger partial charge in [-0.15, -0.1) is 24.0 Å². The van der Waals surface area contributed by atoms with E-state index in [1.807, 2.05) is 0 Å². The fourth-order valence-electron chi connectivity index (χ4n) is 3.44. The Balaban J connectivity index is 0.00000420. The van der Waals surface area contributed by atoms with E-state index in [9.17, 15) is 30.0 Å². The van der Waals surface area contributed by atoms with Gasteiger partial charge in [0.2, 0.25) is 10.0 Å². The minimum absolute atomic E-state index is 0. The van der Waals surface area contributed by atoms with Crippen molar-refractivity contribution >= 4 is 50.0 Å². The molecule has 2 aliphatic heterocycles. The van der Waals surface area contributed by atoms with Gasteiger partial charge in [-0.05, 0) is 25.7 Å². The van der Waals surface area contributed by atoms with Gasteiger partial charge in [0.1, 0.15) is 0 Å². The highest BCUT2D eigenvalue weighted by molar-refractivity contribution is 14.0. The number of rotatable bonds is 5. The van der Waals surface area contributed by atoms with E-state index in [2.05, 4.69) is 15.6 Å². The number of sulfonamides is 2. The molecule has 0 amide bonds. The summed E-state index contributed by atoms with van der Waals surface area (Å²) in [6.07, 6.45) is 3.08. The number of halogens is 4. The molecule has 0 aromatic heterocycles. The van der Waals surface area contributed by atoms with Gasteiger partial charge < -0.3 is 10.6 Å². The summed E-state index contributed by atoms with van der Waals surface area (Å²) in [4.78, 5) is 4.05. The van der Waals surface area contributed by atoms with Crippen LogP contribution in [0.25, 0.3) is 0 Å². The maximum atomic E-state index is 12.6. The molecule has 0 unspecified atom stereocenters. The van der Waals surface area contributed by atoms with E-state index in [-0.39, 0.29) is 62.0 Å². The molecular formula is C14H27F3IN5O4S2. The van der Waals surface area contributed by atoms with E-state index in [1.165, 1.54) is 17.6 Å². The normalized spacial score (nSPS) is 23.6. The van der Waals surface area contributed by atoms with Crippen LogP contribution in [0.15, 0.2) is 4.99 Å². The fraction of sp³-hybridized carbons (Fsp3) is 0.929. The van der Waals surface area contributed by atoms with Gasteiger partial charge in [0.15, 0.2) is 5.96 Å². The lowest BCUT2D eigenvalue weighted by molar-refractivity contribution is -0.0494. The SMILES string of the molecule is CN=C(NC[C@H]1CCCN1S(C)(=O)=O)NC1CCN(S(=O)(=O)C(F)(F)F)CC1.I. The summed E-state index contributed by atoms with van der Waals surface area (Å²) in [5.74, 6) is 0.400. The molecular weight excluding hydrogens is 550 g/mol. The van der Waals surface area contributed by atoms with Crippen LogP contribution in [0.3, 0.4) is 0 Å². The van der Waals surface area contributed by atoms with Gasteiger partial charge >= 0.3 is 15.5 Å². The molecule has 2 fully saturated rings. The van der Waals surface area contributed by atoms with Crippen molar-refractivity contribution in [2.45, 2.75) is 43.3 Å². The first-order valence-electron chi connectivity index (χ1n) is 8.86. The predicted molar refractivity (Wildman–Crippen MR) is 114 cm³/mol. The van der Waals surface area contributed by atoms with Crippen LogP contribution in [0.4, 0.5) is 13.2 Å². The lowest BCUT2D eigenvalue weighted by Gasteiger charge is -2.33. The lowest BCUT2D eigenvalue weighted by atomic mass is 10.1. The molecule has 2 aliphatic rings. The quantitative estimate of drug-likeness (QED) is 0.280. The molecule has 2 N–H and O–H groups in total. The molecule has 2 rings (SSSR count). The molecule has 0 aromatic carbocycles. The van der Waals surface area contributed by atoms with Gasteiger partial charge in [-0.1, -0.05) is 0 Å². The van der Waals surface area contributed by atoms with Gasteiger partial charge in [-0.2, -0.15) is 21.8 Å². The first-order chi connectivity index (χ1) is 12.9. The highest BCUT2D eigenvalue weighted by Gasteiger charge is 2.50. The second-order valence-electron chi connectivity index (χ2n) is 6.89. The highest BCUT2D eigenvalue weighted by atomic mass is 127. The Hall–Kier alpha value is -0.390. The van der Waals surface area contributed by atoms with Crippen LogP contribution < -0.4 is 10.6 Å². The van der Waals surface area contributed by atoms with Crippen LogP contribution in [0, 0.1) is 0 Å². The Morgan fingerprint density at radius 2 is 1.69 bits per heavy atom. The summed E-state index contributed by atoms with van der Waals surface area (Å²) in [7, 11) is -7.06. The Morgan fingerprint density at radius 1 is 1.10 bits per heavy atom. The maximum absolute atomic E-state index is 12.6. The van der Waals surface area contributed by atoms with Crippen LogP contribution in [0.2, 0.25) is 0 Å². The molecule has 29 heavy (non-hydrogen) atoms. The molecule has 0 aromatic rings. The van der Waals surface area contributed by atoms with Crippen molar-refractivity contribution < 1.29 is 30.0 Å². The third-order valence-corrected chi connectivity index (χ3v) is 7.87. The maximum Gasteiger partial charge on any atom is 0.511 e.